The Morgan fingerprint density at radius 3 is 2.30 bits per heavy atom. The van der Waals surface area contributed by atoms with E-state index in [1.165, 1.54) is 38.3 Å². The Morgan fingerprint density at radius 2 is 1.75 bits per heavy atom. The van der Waals surface area contributed by atoms with Gasteiger partial charge in [-0.2, -0.15) is 13.2 Å². The molecule has 0 aliphatic heterocycles. The van der Waals surface area contributed by atoms with E-state index in [4.69, 9.17) is 5.73 Å². The second-order valence-electron chi connectivity index (χ2n) is 5.08. The van der Waals surface area contributed by atoms with E-state index in [9.17, 15) is 13.2 Å². The number of hydrogen-bond acceptors (Lipinski definition) is 3. The SMILES string of the molecule is CCCCCCCCCC(N)c1cnc(C(F)(F)F)s1. The van der Waals surface area contributed by atoms with Gasteiger partial charge in [0.05, 0.1) is 0 Å². The van der Waals surface area contributed by atoms with E-state index in [0.717, 1.165) is 19.3 Å². The summed E-state index contributed by atoms with van der Waals surface area (Å²) in [6, 6.07) is -0.320. The summed E-state index contributed by atoms with van der Waals surface area (Å²) in [5, 5.41) is -0.803. The maximum absolute atomic E-state index is 12.4. The first-order chi connectivity index (χ1) is 9.45. The molecule has 2 nitrogen and oxygen atoms in total. The van der Waals surface area contributed by atoms with Crippen molar-refractivity contribution in [3.8, 4) is 0 Å². The van der Waals surface area contributed by atoms with Crippen molar-refractivity contribution in [2.24, 2.45) is 5.73 Å². The molecule has 0 spiro atoms. The highest BCUT2D eigenvalue weighted by Crippen LogP contribution is 2.34. The molecular weight excluding hydrogens is 285 g/mol. The van der Waals surface area contributed by atoms with Crippen LogP contribution in [0.3, 0.4) is 0 Å². The number of halogens is 3. The molecule has 1 rings (SSSR count). The first-order valence-electron chi connectivity index (χ1n) is 7.23. The van der Waals surface area contributed by atoms with Gasteiger partial charge in [-0.1, -0.05) is 51.9 Å². The molecule has 0 radical (unpaired) electrons. The van der Waals surface area contributed by atoms with E-state index in [1.807, 2.05) is 0 Å². The van der Waals surface area contributed by atoms with Crippen LogP contribution in [0.25, 0.3) is 0 Å². The van der Waals surface area contributed by atoms with Gasteiger partial charge in [0.25, 0.3) is 0 Å². The first-order valence-corrected chi connectivity index (χ1v) is 8.05. The summed E-state index contributed by atoms with van der Waals surface area (Å²) in [6.07, 6.45) is 5.90. The average molecular weight is 308 g/mol. The van der Waals surface area contributed by atoms with E-state index in [-0.39, 0.29) is 6.04 Å². The molecule has 1 aromatic rings. The zero-order chi connectivity index (χ0) is 15.0. The zero-order valence-corrected chi connectivity index (χ0v) is 12.7. The lowest BCUT2D eigenvalue weighted by Crippen LogP contribution is -2.08. The van der Waals surface area contributed by atoms with E-state index < -0.39 is 11.2 Å². The molecule has 20 heavy (non-hydrogen) atoms. The van der Waals surface area contributed by atoms with Gasteiger partial charge in [-0.05, 0) is 6.42 Å². The number of alkyl halides is 3. The van der Waals surface area contributed by atoms with Crippen LogP contribution in [-0.4, -0.2) is 4.98 Å². The molecule has 0 saturated heterocycles. The Labute approximate surface area is 122 Å². The number of aromatic nitrogens is 1. The van der Waals surface area contributed by atoms with Gasteiger partial charge in [-0.25, -0.2) is 4.98 Å². The second kappa shape index (κ2) is 8.62. The van der Waals surface area contributed by atoms with E-state index >= 15 is 0 Å². The monoisotopic (exact) mass is 308 g/mol. The Kier molecular flexibility index (Phi) is 7.51. The van der Waals surface area contributed by atoms with Crippen molar-refractivity contribution in [2.45, 2.75) is 70.5 Å². The van der Waals surface area contributed by atoms with Crippen molar-refractivity contribution in [1.29, 1.82) is 0 Å². The fourth-order valence-electron chi connectivity index (χ4n) is 2.05. The summed E-state index contributed by atoms with van der Waals surface area (Å²) in [5.74, 6) is 0. The Morgan fingerprint density at radius 1 is 1.15 bits per heavy atom. The van der Waals surface area contributed by atoms with E-state index in [1.54, 1.807) is 0 Å². The maximum atomic E-state index is 12.4. The lowest BCUT2D eigenvalue weighted by Gasteiger charge is -2.08. The summed E-state index contributed by atoms with van der Waals surface area (Å²) in [5.41, 5.74) is 5.92. The molecule has 1 heterocycles. The minimum atomic E-state index is -4.36. The quantitative estimate of drug-likeness (QED) is 0.628. The van der Waals surface area contributed by atoms with Crippen molar-refractivity contribution in [2.75, 3.05) is 0 Å². The molecule has 0 bridgehead atoms. The third-order valence-electron chi connectivity index (χ3n) is 3.25. The number of unbranched alkanes of at least 4 members (excludes halogenated alkanes) is 6. The molecule has 1 unspecified atom stereocenters. The molecule has 0 amide bonds. The van der Waals surface area contributed by atoms with Crippen LogP contribution in [0, 0.1) is 0 Å². The number of thiazole rings is 1. The molecule has 6 heteroatoms. The summed E-state index contributed by atoms with van der Waals surface area (Å²) >= 11 is 0.662. The fraction of sp³-hybridized carbons (Fsp3) is 0.786. The van der Waals surface area contributed by atoms with E-state index in [2.05, 4.69) is 11.9 Å². The molecule has 116 valence electrons. The molecule has 0 aromatic carbocycles. The summed E-state index contributed by atoms with van der Waals surface area (Å²) in [7, 11) is 0. The molecule has 0 aliphatic rings. The van der Waals surface area contributed by atoms with Crippen LogP contribution in [0.2, 0.25) is 0 Å². The van der Waals surface area contributed by atoms with Crippen molar-refractivity contribution in [3.05, 3.63) is 16.1 Å². The van der Waals surface area contributed by atoms with Gasteiger partial charge in [-0.15, -0.1) is 11.3 Å². The highest BCUT2D eigenvalue weighted by atomic mass is 32.1. The Balaban J connectivity index is 2.22. The third kappa shape index (κ3) is 6.22. The third-order valence-corrected chi connectivity index (χ3v) is 4.42. The number of hydrogen-bond donors (Lipinski definition) is 1. The van der Waals surface area contributed by atoms with Crippen molar-refractivity contribution >= 4 is 11.3 Å². The van der Waals surface area contributed by atoms with Crippen LogP contribution in [-0.2, 0) is 6.18 Å². The molecular formula is C14H23F3N2S. The van der Waals surface area contributed by atoms with Gasteiger partial charge < -0.3 is 5.73 Å². The molecule has 0 fully saturated rings. The van der Waals surface area contributed by atoms with Gasteiger partial charge in [0.1, 0.15) is 0 Å². The summed E-state index contributed by atoms with van der Waals surface area (Å²) in [6.45, 7) is 2.18. The van der Waals surface area contributed by atoms with E-state index in [0.29, 0.717) is 16.2 Å². The van der Waals surface area contributed by atoms with Crippen LogP contribution < -0.4 is 5.73 Å². The van der Waals surface area contributed by atoms with Gasteiger partial charge in [0, 0.05) is 17.1 Å². The smallest absolute Gasteiger partial charge is 0.323 e. The van der Waals surface area contributed by atoms with Crippen molar-refractivity contribution in [1.82, 2.24) is 4.98 Å². The molecule has 2 N–H and O–H groups in total. The molecule has 0 saturated carbocycles. The van der Waals surface area contributed by atoms with Crippen LogP contribution in [0.1, 0.15) is 74.2 Å². The maximum Gasteiger partial charge on any atom is 0.443 e. The van der Waals surface area contributed by atoms with Crippen LogP contribution in [0.5, 0.6) is 0 Å². The zero-order valence-electron chi connectivity index (χ0n) is 11.9. The Bertz CT molecular complexity index is 377. The van der Waals surface area contributed by atoms with Gasteiger partial charge in [0.15, 0.2) is 5.01 Å². The van der Waals surface area contributed by atoms with Gasteiger partial charge in [-0.3, -0.25) is 0 Å². The van der Waals surface area contributed by atoms with Crippen molar-refractivity contribution in [3.63, 3.8) is 0 Å². The van der Waals surface area contributed by atoms with Crippen LogP contribution in [0.15, 0.2) is 6.20 Å². The molecule has 1 atom stereocenters. The molecule has 1 aromatic heterocycles. The normalized spacial score (nSPS) is 13.7. The standard InChI is InChI=1S/C14H23F3N2S/c1-2-3-4-5-6-7-8-9-11(18)12-10-19-13(20-12)14(15,16)17/h10-11H,2-9,18H2,1H3. The summed E-state index contributed by atoms with van der Waals surface area (Å²) in [4.78, 5) is 3.93. The predicted molar refractivity (Wildman–Crippen MR) is 76.7 cm³/mol. The fourth-order valence-corrected chi connectivity index (χ4v) is 2.87. The highest BCUT2D eigenvalue weighted by Gasteiger charge is 2.34. The molecule has 0 aliphatic carbocycles. The highest BCUT2D eigenvalue weighted by molar-refractivity contribution is 7.11. The lowest BCUT2D eigenvalue weighted by molar-refractivity contribution is -0.137. The summed E-state index contributed by atoms with van der Waals surface area (Å²) < 4.78 is 37.3. The van der Waals surface area contributed by atoms with Crippen molar-refractivity contribution < 1.29 is 13.2 Å². The number of nitrogens with zero attached hydrogens (tertiary/aromatic N) is 1. The number of nitrogens with two attached hydrogens (primary N) is 1. The van der Waals surface area contributed by atoms with Gasteiger partial charge in [0.2, 0.25) is 0 Å². The minimum absolute atomic E-state index is 0.320. The van der Waals surface area contributed by atoms with Gasteiger partial charge >= 0.3 is 6.18 Å². The minimum Gasteiger partial charge on any atom is -0.323 e. The first kappa shape index (κ1) is 17.4. The average Bonchev–Trinajstić information content (AvgIpc) is 2.87. The van der Waals surface area contributed by atoms with Crippen LogP contribution >= 0.6 is 11.3 Å². The topological polar surface area (TPSA) is 38.9 Å². The Hall–Kier alpha value is -0.620. The lowest BCUT2D eigenvalue weighted by atomic mass is 10.1. The number of rotatable bonds is 9. The second-order valence-corrected chi connectivity index (χ2v) is 6.14. The van der Waals surface area contributed by atoms with Crippen LogP contribution in [0.4, 0.5) is 13.2 Å². The predicted octanol–water partition coefficient (Wildman–Crippen LogP) is 5.30. The largest absolute Gasteiger partial charge is 0.443 e.